The Morgan fingerprint density at radius 1 is 1.39 bits per heavy atom. The molecule has 96 valence electrons. The fraction of sp³-hybridized carbons (Fsp3) is 0.222. The summed E-state index contributed by atoms with van der Waals surface area (Å²) in [7, 11) is -4.01. The number of nitro benzene ring substituents is 1. The van der Waals surface area contributed by atoms with Gasteiger partial charge in [-0.15, -0.1) is 0 Å². The minimum absolute atomic E-state index is 0.0128. The molecule has 0 spiro atoms. The first-order valence-corrected chi connectivity index (χ1v) is 6.39. The molecule has 1 amide bonds. The maximum atomic E-state index is 12.0. The van der Waals surface area contributed by atoms with Gasteiger partial charge < -0.3 is 5.73 Å². The van der Waals surface area contributed by atoms with E-state index in [2.05, 4.69) is 0 Å². The average Bonchev–Trinajstić information content (AvgIpc) is 2.51. The van der Waals surface area contributed by atoms with E-state index in [0.717, 1.165) is 18.2 Å². The molecule has 0 aliphatic carbocycles. The van der Waals surface area contributed by atoms with Crippen molar-refractivity contribution in [2.45, 2.75) is 4.90 Å². The van der Waals surface area contributed by atoms with E-state index in [1.54, 1.807) is 0 Å². The summed E-state index contributed by atoms with van der Waals surface area (Å²) in [4.78, 5) is 21.3. The number of sulfonamides is 1. The second-order valence-corrected chi connectivity index (χ2v) is 5.44. The van der Waals surface area contributed by atoms with Gasteiger partial charge in [-0.2, -0.15) is 0 Å². The van der Waals surface area contributed by atoms with Gasteiger partial charge in [0.05, 0.1) is 10.5 Å². The topological polar surface area (TPSA) is 124 Å². The maximum absolute atomic E-state index is 12.0. The van der Waals surface area contributed by atoms with Crippen molar-refractivity contribution in [3.63, 3.8) is 0 Å². The van der Waals surface area contributed by atoms with E-state index >= 15 is 0 Å². The number of hydrogen-bond donors (Lipinski definition) is 1. The van der Waals surface area contributed by atoms with Crippen LogP contribution in [0.2, 0.25) is 0 Å². The Bertz CT molecular complexity index is 640. The van der Waals surface area contributed by atoms with Crippen molar-refractivity contribution in [1.29, 1.82) is 0 Å². The molecule has 8 nitrogen and oxygen atoms in total. The Hall–Kier alpha value is -2.00. The van der Waals surface area contributed by atoms with Gasteiger partial charge in [-0.1, -0.05) is 0 Å². The van der Waals surface area contributed by atoms with E-state index in [1.807, 2.05) is 0 Å². The number of rotatable bonds is 3. The summed E-state index contributed by atoms with van der Waals surface area (Å²) in [5, 5.41) is 10.6. The van der Waals surface area contributed by atoms with Crippen LogP contribution in [-0.2, 0) is 10.0 Å². The van der Waals surface area contributed by atoms with Crippen LogP contribution in [0.4, 0.5) is 5.69 Å². The fourth-order valence-electron chi connectivity index (χ4n) is 1.72. The van der Waals surface area contributed by atoms with Crippen LogP contribution in [0.25, 0.3) is 0 Å². The Labute approximate surface area is 102 Å². The van der Waals surface area contributed by atoms with E-state index in [9.17, 15) is 23.3 Å². The summed E-state index contributed by atoms with van der Waals surface area (Å²) >= 11 is 0. The third-order valence-corrected chi connectivity index (χ3v) is 4.36. The highest BCUT2D eigenvalue weighted by atomic mass is 32.2. The van der Waals surface area contributed by atoms with Gasteiger partial charge >= 0.3 is 0 Å². The first-order chi connectivity index (χ1) is 8.39. The number of carbonyl (C=O) groups excluding carboxylic acids is 1. The predicted molar refractivity (Wildman–Crippen MR) is 60.4 cm³/mol. The number of nitrogens with zero attached hydrogens (tertiary/aromatic N) is 2. The fourth-order valence-corrected chi connectivity index (χ4v) is 3.32. The summed E-state index contributed by atoms with van der Waals surface area (Å²) in [6.45, 7) is -0.162. The maximum Gasteiger partial charge on any atom is 0.270 e. The highest BCUT2D eigenvalue weighted by Gasteiger charge is 2.41. The summed E-state index contributed by atoms with van der Waals surface area (Å²) in [5.41, 5.74) is 4.80. The van der Waals surface area contributed by atoms with Crippen LogP contribution < -0.4 is 5.73 Å². The normalized spacial score (nSPS) is 16.7. The molecule has 0 unspecified atom stereocenters. The van der Waals surface area contributed by atoms with Crippen molar-refractivity contribution < 1.29 is 18.1 Å². The predicted octanol–water partition coefficient (Wildman–Crippen LogP) is -0.302. The Kier molecular flexibility index (Phi) is 2.79. The summed E-state index contributed by atoms with van der Waals surface area (Å²) in [5.74, 6) is -0.703. The largest absolute Gasteiger partial charge is 0.329 e. The highest BCUT2D eigenvalue weighted by Crippen LogP contribution is 2.32. The Morgan fingerprint density at radius 2 is 2.06 bits per heavy atom. The van der Waals surface area contributed by atoms with Crippen molar-refractivity contribution in [1.82, 2.24) is 4.31 Å². The minimum Gasteiger partial charge on any atom is -0.329 e. The molecule has 1 heterocycles. The van der Waals surface area contributed by atoms with E-state index in [0.29, 0.717) is 4.31 Å². The van der Waals surface area contributed by atoms with E-state index < -0.39 is 20.9 Å². The van der Waals surface area contributed by atoms with Gasteiger partial charge in [-0.05, 0) is 6.07 Å². The quantitative estimate of drug-likeness (QED) is 0.594. The molecule has 1 aliphatic heterocycles. The van der Waals surface area contributed by atoms with E-state index in [4.69, 9.17) is 5.73 Å². The third-order valence-electron chi connectivity index (χ3n) is 2.53. The lowest BCUT2D eigenvalue weighted by Gasteiger charge is -2.12. The number of nitro groups is 1. The van der Waals surface area contributed by atoms with Gasteiger partial charge in [0.15, 0.2) is 0 Å². The van der Waals surface area contributed by atoms with Crippen molar-refractivity contribution in [2.75, 3.05) is 13.1 Å². The average molecular weight is 271 g/mol. The first-order valence-electron chi connectivity index (χ1n) is 4.95. The summed E-state index contributed by atoms with van der Waals surface area (Å²) in [6.07, 6.45) is 0. The van der Waals surface area contributed by atoms with Gasteiger partial charge in [-0.3, -0.25) is 14.9 Å². The molecule has 0 bridgehead atoms. The zero-order valence-electron chi connectivity index (χ0n) is 9.07. The van der Waals surface area contributed by atoms with Crippen LogP contribution in [0.5, 0.6) is 0 Å². The van der Waals surface area contributed by atoms with E-state index in [1.165, 1.54) is 0 Å². The number of amides is 1. The second kappa shape index (κ2) is 4.03. The number of nitrogens with two attached hydrogens (primary N) is 1. The number of benzene rings is 1. The molecule has 0 atom stereocenters. The molecular weight excluding hydrogens is 262 g/mol. The monoisotopic (exact) mass is 271 g/mol. The number of non-ortho nitro benzene ring substituents is 1. The van der Waals surface area contributed by atoms with E-state index in [-0.39, 0.29) is 29.2 Å². The second-order valence-electron chi connectivity index (χ2n) is 3.61. The molecule has 9 heteroatoms. The molecule has 0 saturated carbocycles. The zero-order valence-corrected chi connectivity index (χ0v) is 9.88. The summed E-state index contributed by atoms with van der Waals surface area (Å²) < 4.78 is 24.6. The lowest BCUT2D eigenvalue weighted by atomic mass is 10.2. The van der Waals surface area contributed by atoms with Crippen LogP contribution in [0.3, 0.4) is 0 Å². The standard InChI is InChI=1S/C9H9N3O5S/c10-3-4-11-9(13)7-2-1-6(12(14)15)5-8(7)18(11,16)17/h1-2,5H,3-4,10H2. The number of carbonyl (C=O) groups is 1. The minimum atomic E-state index is -4.01. The molecule has 0 radical (unpaired) electrons. The lowest BCUT2D eigenvalue weighted by molar-refractivity contribution is -0.385. The molecule has 0 saturated heterocycles. The molecule has 0 aromatic heterocycles. The van der Waals surface area contributed by atoms with Crippen LogP contribution >= 0.6 is 0 Å². The van der Waals surface area contributed by atoms with Gasteiger partial charge in [0.1, 0.15) is 4.90 Å². The van der Waals surface area contributed by atoms with Gasteiger partial charge in [0.25, 0.3) is 21.6 Å². The number of fused-ring (bicyclic) bond motifs is 1. The molecule has 0 fully saturated rings. The van der Waals surface area contributed by atoms with Crippen molar-refractivity contribution >= 4 is 21.6 Å². The Balaban J connectivity index is 2.62. The molecule has 1 aromatic rings. The smallest absolute Gasteiger partial charge is 0.270 e. The van der Waals surface area contributed by atoms with Crippen molar-refractivity contribution in [2.24, 2.45) is 5.73 Å². The van der Waals surface area contributed by atoms with Crippen LogP contribution in [0.15, 0.2) is 23.1 Å². The lowest BCUT2D eigenvalue weighted by Crippen LogP contribution is -2.34. The molecule has 1 aromatic carbocycles. The van der Waals surface area contributed by atoms with Crippen LogP contribution in [0, 0.1) is 10.1 Å². The van der Waals surface area contributed by atoms with Crippen LogP contribution in [-0.4, -0.2) is 36.6 Å². The zero-order chi connectivity index (χ0) is 13.5. The highest BCUT2D eigenvalue weighted by molar-refractivity contribution is 7.90. The molecule has 2 rings (SSSR count). The molecule has 1 aliphatic rings. The van der Waals surface area contributed by atoms with Crippen molar-refractivity contribution in [3.05, 3.63) is 33.9 Å². The van der Waals surface area contributed by atoms with Gasteiger partial charge in [0.2, 0.25) is 0 Å². The van der Waals surface area contributed by atoms with Gasteiger partial charge in [-0.25, -0.2) is 12.7 Å². The third kappa shape index (κ3) is 1.64. The Morgan fingerprint density at radius 3 is 2.61 bits per heavy atom. The molecule has 2 N–H and O–H groups in total. The van der Waals surface area contributed by atoms with Crippen LogP contribution in [0.1, 0.15) is 10.4 Å². The summed E-state index contributed by atoms with van der Waals surface area (Å²) in [6, 6.07) is 3.13. The molecular formula is C9H9N3O5S. The first kappa shape index (κ1) is 12.5. The van der Waals surface area contributed by atoms with Gasteiger partial charge in [0, 0.05) is 25.2 Å². The number of hydrogen-bond acceptors (Lipinski definition) is 6. The SMILES string of the molecule is NCCN1C(=O)c2ccc([N+](=O)[O-])cc2S1(=O)=O. The molecule has 18 heavy (non-hydrogen) atoms. The van der Waals surface area contributed by atoms with Crippen molar-refractivity contribution in [3.8, 4) is 0 Å².